The summed E-state index contributed by atoms with van der Waals surface area (Å²) in [5, 5.41) is 28.0. The Kier molecular flexibility index (Phi) is 17.0. The molecular weight excluding hydrogens is 667 g/mol. The SMILES string of the molecule is Cc1cc(N(CCOCCOCCOCCOCCOC(=O)C2CCCCC2C)Cc2ccccc2)ccc1/N=N/c1sc(C#N)c(C)c1C#N. The smallest absolute Gasteiger partial charge is 0.309 e. The van der Waals surface area contributed by atoms with Crippen LogP contribution in [0.5, 0.6) is 0 Å². The normalized spacial score (nSPS) is 15.8. The van der Waals surface area contributed by atoms with Gasteiger partial charge in [0.25, 0.3) is 0 Å². The van der Waals surface area contributed by atoms with Crippen molar-refractivity contribution in [1.29, 1.82) is 10.5 Å². The number of nitriles is 2. The summed E-state index contributed by atoms with van der Waals surface area (Å²) in [5.41, 5.74) is 4.88. The molecule has 0 N–H and O–H groups in total. The van der Waals surface area contributed by atoms with E-state index in [-0.39, 0.29) is 18.5 Å². The lowest BCUT2D eigenvalue weighted by molar-refractivity contribution is -0.153. The van der Waals surface area contributed by atoms with Gasteiger partial charge in [-0.15, -0.1) is 21.6 Å². The van der Waals surface area contributed by atoms with Crippen LogP contribution in [0.1, 0.15) is 59.7 Å². The van der Waals surface area contributed by atoms with Crippen LogP contribution in [0, 0.1) is 48.3 Å². The first-order chi connectivity index (χ1) is 24.9. The number of esters is 1. The van der Waals surface area contributed by atoms with E-state index in [4.69, 9.17) is 23.7 Å². The van der Waals surface area contributed by atoms with Gasteiger partial charge in [0.2, 0.25) is 0 Å². The number of hydrogen-bond donors (Lipinski definition) is 0. The van der Waals surface area contributed by atoms with Crippen LogP contribution in [-0.4, -0.2) is 72.0 Å². The van der Waals surface area contributed by atoms with Crippen LogP contribution in [0.3, 0.4) is 0 Å². The van der Waals surface area contributed by atoms with Crippen molar-refractivity contribution in [3.8, 4) is 12.1 Å². The molecule has 2 aromatic carbocycles. The van der Waals surface area contributed by atoms with Crippen molar-refractivity contribution in [2.45, 2.75) is 53.0 Å². The average Bonchev–Trinajstić information content (AvgIpc) is 3.46. The predicted octanol–water partition coefficient (Wildman–Crippen LogP) is 7.97. The molecule has 1 heterocycles. The molecule has 0 radical (unpaired) electrons. The minimum Gasteiger partial charge on any atom is -0.463 e. The summed E-state index contributed by atoms with van der Waals surface area (Å²) in [4.78, 5) is 15.0. The van der Waals surface area contributed by atoms with Gasteiger partial charge < -0.3 is 28.6 Å². The van der Waals surface area contributed by atoms with E-state index in [0.29, 0.717) is 98.6 Å². The van der Waals surface area contributed by atoms with Gasteiger partial charge in [-0.3, -0.25) is 4.79 Å². The largest absolute Gasteiger partial charge is 0.463 e. The number of carbonyl (C=O) groups is 1. The molecule has 272 valence electrons. The summed E-state index contributed by atoms with van der Waals surface area (Å²) >= 11 is 1.17. The van der Waals surface area contributed by atoms with Crippen LogP contribution in [0.15, 0.2) is 58.8 Å². The Morgan fingerprint density at radius 1 is 0.843 bits per heavy atom. The van der Waals surface area contributed by atoms with Crippen LogP contribution in [-0.2, 0) is 35.0 Å². The van der Waals surface area contributed by atoms with Crippen molar-refractivity contribution in [3.63, 3.8) is 0 Å². The van der Waals surface area contributed by atoms with E-state index in [1.54, 1.807) is 6.92 Å². The van der Waals surface area contributed by atoms with E-state index in [2.05, 4.69) is 52.4 Å². The van der Waals surface area contributed by atoms with E-state index >= 15 is 0 Å². The Balaban J connectivity index is 1.12. The maximum Gasteiger partial charge on any atom is 0.309 e. The van der Waals surface area contributed by atoms with Crippen LogP contribution in [0.2, 0.25) is 0 Å². The van der Waals surface area contributed by atoms with Crippen molar-refractivity contribution in [2.75, 3.05) is 70.9 Å². The van der Waals surface area contributed by atoms with Crippen LogP contribution >= 0.6 is 11.3 Å². The van der Waals surface area contributed by atoms with E-state index in [1.807, 2.05) is 37.3 Å². The minimum atomic E-state index is -0.0895. The second-order valence-corrected chi connectivity index (χ2v) is 13.5. The number of hydrogen-bond acceptors (Lipinski definition) is 12. The topological polar surface area (TPSA) is 139 Å². The van der Waals surface area contributed by atoms with Crippen molar-refractivity contribution >= 4 is 33.7 Å². The zero-order valence-corrected chi connectivity index (χ0v) is 30.8. The highest BCUT2D eigenvalue weighted by Crippen LogP contribution is 2.36. The molecular formula is C39H49N5O6S. The summed E-state index contributed by atoms with van der Waals surface area (Å²) in [5.74, 6) is 0.346. The number of thiophene rings is 1. The summed E-state index contributed by atoms with van der Waals surface area (Å²) < 4.78 is 28.0. The standard InChI is InChI=1S/C39H49N5O6S/c1-29-9-7-8-12-34(29)39(45)50-24-23-49-22-21-48-20-19-47-18-17-46-16-15-44(28-32-10-5-4-6-11-32)33-13-14-36(30(2)25-33)42-43-38-35(26-40)31(3)37(27-41)51-38/h4-6,10-11,13-14,25,29,34H,7-9,12,15-24,28H2,1-3H3/b43-42+. The Bertz CT molecular complexity index is 1630. The first-order valence-corrected chi connectivity index (χ1v) is 18.4. The number of ether oxygens (including phenoxy) is 5. The predicted molar refractivity (Wildman–Crippen MR) is 197 cm³/mol. The number of anilines is 1. The molecule has 3 aromatic rings. The van der Waals surface area contributed by atoms with Gasteiger partial charge in [0, 0.05) is 18.8 Å². The maximum atomic E-state index is 12.2. The lowest BCUT2D eigenvalue weighted by Crippen LogP contribution is -2.28. The maximum absolute atomic E-state index is 12.2. The number of rotatable bonds is 21. The molecule has 11 nitrogen and oxygen atoms in total. The Morgan fingerprint density at radius 2 is 1.49 bits per heavy atom. The molecule has 1 aliphatic carbocycles. The zero-order chi connectivity index (χ0) is 36.3. The molecule has 1 aliphatic rings. The average molecular weight is 716 g/mol. The Hall–Kier alpha value is -4.17. The van der Waals surface area contributed by atoms with Gasteiger partial charge >= 0.3 is 5.97 Å². The number of nitrogens with zero attached hydrogens (tertiary/aromatic N) is 5. The van der Waals surface area contributed by atoms with Crippen molar-refractivity contribution in [2.24, 2.45) is 22.1 Å². The lowest BCUT2D eigenvalue weighted by atomic mass is 9.80. The van der Waals surface area contributed by atoms with Crippen molar-refractivity contribution in [3.05, 3.63) is 75.7 Å². The van der Waals surface area contributed by atoms with E-state index in [1.165, 1.54) is 23.3 Å². The quantitative estimate of drug-likeness (QED) is 0.0611. The fraction of sp³-hybridized carbons (Fsp3) is 0.513. The molecule has 1 fully saturated rings. The van der Waals surface area contributed by atoms with E-state index < -0.39 is 0 Å². The van der Waals surface area contributed by atoms with Crippen LogP contribution < -0.4 is 4.90 Å². The lowest BCUT2D eigenvalue weighted by Gasteiger charge is -2.26. The molecule has 4 rings (SSSR count). The van der Waals surface area contributed by atoms with Gasteiger partial charge in [-0.25, -0.2) is 0 Å². The fourth-order valence-electron chi connectivity index (χ4n) is 5.87. The molecule has 0 spiro atoms. The van der Waals surface area contributed by atoms with E-state index in [9.17, 15) is 15.3 Å². The molecule has 2 unspecified atom stereocenters. The van der Waals surface area contributed by atoms with Crippen molar-refractivity contribution in [1.82, 2.24) is 0 Å². The second kappa shape index (κ2) is 21.9. The molecule has 1 aromatic heterocycles. The summed E-state index contributed by atoms with van der Waals surface area (Å²) in [7, 11) is 0. The first-order valence-electron chi connectivity index (χ1n) is 17.6. The van der Waals surface area contributed by atoms with Crippen LogP contribution in [0.4, 0.5) is 16.4 Å². The second-order valence-electron chi connectivity index (χ2n) is 12.5. The molecule has 1 saturated carbocycles. The molecule has 12 heteroatoms. The van der Waals surface area contributed by atoms with Gasteiger partial charge in [-0.1, -0.05) is 50.1 Å². The Morgan fingerprint density at radius 3 is 2.12 bits per heavy atom. The molecule has 2 atom stereocenters. The van der Waals surface area contributed by atoms with Crippen molar-refractivity contribution < 1.29 is 28.5 Å². The molecule has 0 aliphatic heterocycles. The number of carbonyl (C=O) groups excluding carboxylic acids is 1. The summed E-state index contributed by atoms with van der Waals surface area (Å²) in [6.45, 7) is 11.2. The van der Waals surface area contributed by atoms with Gasteiger partial charge in [0.05, 0.1) is 70.0 Å². The first kappa shape index (κ1) is 39.6. The Labute approximate surface area is 305 Å². The number of benzene rings is 2. The highest BCUT2D eigenvalue weighted by Gasteiger charge is 2.28. The van der Waals surface area contributed by atoms with Gasteiger partial charge in [-0.2, -0.15) is 10.5 Å². The monoisotopic (exact) mass is 715 g/mol. The van der Waals surface area contributed by atoms with Crippen LogP contribution in [0.25, 0.3) is 0 Å². The molecule has 0 bridgehead atoms. The van der Waals surface area contributed by atoms with E-state index in [0.717, 1.165) is 30.5 Å². The summed E-state index contributed by atoms with van der Waals surface area (Å²) in [6.07, 6.45) is 4.34. The van der Waals surface area contributed by atoms with Gasteiger partial charge in [-0.05, 0) is 67.5 Å². The highest BCUT2D eigenvalue weighted by molar-refractivity contribution is 7.16. The third-order valence-electron chi connectivity index (χ3n) is 8.86. The number of aryl methyl sites for hydroxylation is 1. The number of azo groups is 1. The third-order valence-corrected chi connectivity index (χ3v) is 9.94. The van der Waals surface area contributed by atoms with Gasteiger partial charge in [0.1, 0.15) is 23.6 Å². The molecule has 0 amide bonds. The third kappa shape index (κ3) is 12.8. The fourth-order valence-corrected chi connectivity index (χ4v) is 6.75. The zero-order valence-electron chi connectivity index (χ0n) is 30.0. The van der Waals surface area contributed by atoms with Gasteiger partial charge in [0.15, 0.2) is 5.00 Å². The highest BCUT2D eigenvalue weighted by atomic mass is 32.1. The molecule has 51 heavy (non-hydrogen) atoms. The molecule has 0 saturated heterocycles. The summed E-state index contributed by atoms with van der Waals surface area (Å²) in [6, 6.07) is 20.5. The minimum absolute atomic E-state index is 0.0325.